The molecule has 0 fully saturated rings. The second-order valence-corrected chi connectivity index (χ2v) is 4.66. The zero-order valence-electron chi connectivity index (χ0n) is 10.2. The lowest BCUT2D eigenvalue weighted by atomic mass is 10.2. The quantitative estimate of drug-likeness (QED) is 0.888. The Bertz CT molecular complexity index is 625. The van der Waals surface area contributed by atoms with Gasteiger partial charge < -0.3 is 14.7 Å². The third-order valence-corrected chi connectivity index (χ3v) is 3.48. The van der Waals surface area contributed by atoms with Crippen LogP contribution in [0, 0.1) is 0 Å². The zero-order valence-corrected chi connectivity index (χ0v) is 10.2. The molecule has 0 saturated heterocycles. The number of furan rings is 1. The minimum Gasteiger partial charge on any atom is -0.463 e. The monoisotopic (exact) mass is 244 g/mol. The minimum atomic E-state index is 0.0429. The second kappa shape index (κ2) is 4.46. The summed E-state index contributed by atoms with van der Waals surface area (Å²) in [6.45, 7) is 0.893. The molecular weight excluding hydrogens is 228 g/mol. The molecule has 2 heterocycles. The molecule has 0 saturated carbocycles. The van der Waals surface area contributed by atoms with Crippen molar-refractivity contribution >= 4 is 0 Å². The molecule has 94 valence electrons. The number of aryl methyl sites for hydroxylation is 1. The third-order valence-electron chi connectivity index (χ3n) is 3.48. The fraction of sp³-hybridized carbons (Fsp3) is 0.357. The molecule has 4 nitrogen and oxygen atoms in total. The summed E-state index contributed by atoms with van der Waals surface area (Å²) in [5.41, 5.74) is 8.01. The van der Waals surface area contributed by atoms with Crippen LogP contribution in [0.3, 0.4) is 0 Å². The molecule has 18 heavy (non-hydrogen) atoms. The number of fused-ring (bicyclic) bond motifs is 1. The van der Waals surface area contributed by atoms with E-state index in [4.69, 9.17) is 10.2 Å². The van der Waals surface area contributed by atoms with E-state index in [9.17, 15) is 4.79 Å². The maximum atomic E-state index is 12.0. The van der Waals surface area contributed by atoms with Crippen molar-refractivity contribution < 1.29 is 4.42 Å². The number of rotatable bonds is 3. The van der Waals surface area contributed by atoms with Gasteiger partial charge in [-0.25, -0.2) is 0 Å². The first-order chi connectivity index (χ1) is 8.78. The van der Waals surface area contributed by atoms with Crippen LogP contribution in [0.4, 0.5) is 0 Å². The fourth-order valence-electron chi connectivity index (χ4n) is 2.58. The van der Waals surface area contributed by atoms with Crippen molar-refractivity contribution in [2.45, 2.75) is 32.4 Å². The van der Waals surface area contributed by atoms with Crippen molar-refractivity contribution in [1.82, 2.24) is 4.57 Å². The molecule has 1 aliphatic rings. The maximum absolute atomic E-state index is 12.0. The van der Waals surface area contributed by atoms with Crippen LogP contribution in [0.15, 0.2) is 33.5 Å². The molecule has 0 radical (unpaired) electrons. The van der Waals surface area contributed by atoms with Crippen LogP contribution in [-0.4, -0.2) is 4.57 Å². The van der Waals surface area contributed by atoms with Gasteiger partial charge in [-0.05, 0) is 37.0 Å². The molecule has 0 amide bonds. The molecule has 0 unspecified atom stereocenters. The lowest BCUT2D eigenvalue weighted by molar-refractivity contribution is 0.449. The molecule has 0 spiro atoms. The first kappa shape index (κ1) is 11.3. The summed E-state index contributed by atoms with van der Waals surface area (Å²) in [7, 11) is 0. The molecule has 0 atom stereocenters. The van der Waals surface area contributed by atoms with Crippen molar-refractivity contribution in [2.24, 2.45) is 5.73 Å². The lowest BCUT2D eigenvalue weighted by Crippen LogP contribution is -2.23. The van der Waals surface area contributed by atoms with Gasteiger partial charge in [0, 0.05) is 11.8 Å². The van der Waals surface area contributed by atoms with Gasteiger partial charge in [0.25, 0.3) is 5.56 Å². The van der Waals surface area contributed by atoms with Crippen LogP contribution in [0.1, 0.15) is 29.2 Å². The molecule has 2 N–H and O–H groups in total. The summed E-state index contributed by atoms with van der Waals surface area (Å²) < 4.78 is 7.39. The topological polar surface area (TPSA) is 61.2 Å². The first-order valence-corrected chi connectivity index (χ1v) is 6.27. The zero-order chi connectivity index (χ0) is 12.5. The molecule has 3 rings (SSSR count). The summed E-state index contributed by atoms with van der Waals surface area (Å²) in [4.78, 5) is 12.0. The van der Waals surface area contributed by atoms with Gasteiger partial charge in [0.2, 0.25) is 0 Å². The molecule has 1 aliphatic carbocycles. The van der Waals surface area contributed by atoms with E-state index in [1.54, 1.807) is 6.07 Å². The van der Waals surface area contributed by atoms with Crippen LogP contribution in [0.2, 0.25) is 0 Å². The van der Waals surface area contributed by atoms with E-state index in [1.807, 2.05) is 22.8 Å². The Morgan fingerprint density at radius 3 is 2.78 bits per heavy atom. The van der Waals surface area contributed by atoms with E-state index in [0.717, 1.165) is 36.5 Å². The Labute approximate surface area is 105 Å². The Balaban J connectivity index is 1.97. The highest BCUT2D eigenvalue weighted by Crippen LogP contribution is 2.21. The van der Waals surface area contributed by atoms with Crippen LogP contribution < -0.4 is 11.3 Å². The van der Waals surface area contributed by atoms with Gasteiger partial charge in [-0.15, -0.1) is 0 Å². The molecular formula is C14H16N2O2. The first-order valence-electron chi connectivity index (χ1n) is 6.27. The predicted octanol–water partition coefficient (Wildman–Crippen LogP) is 1.44. The van der Waals surface area contributed by atoms with Gasteiger partial charge in [0.05, 0.1) is 13.1 Å². The van der Waals surface area contributed by atoms with Crippen molar-refractivity contribution in [1.29, 1.82) is 0 Å². The van der Waals surface area contributed by atoms with E-state index < -0.39 is 0 Å². The summed E-state index contributed by atoms with van der Waals surface area (Å²) in [6, 6.07) is 7.36. The fourth-order valence-corrected chi connectivity index (χ4v) is 2.58. The number of nitrogens with zero attached hydrogens (tertiary/aromatic N) is 1. The van der Waals surface area contributed by atoms with Crippen molar-refractivity contribution in [3.8, 4) is 0 Å². The summed E-state index contributed by atoms with van der Waals surface area (Å²) >= 11 is 0. The van der Waals surface area contributed by atoms with Gasteiger partial charge in [0.15, 0.2) is 0 Å². The van der Waals surface area contributed by atoms with Gasteiger partial charge in [-0.3, -0.25) is 4.79 Å². The van der Waals surface area contributed by atoms with Crippen molar-refractivity contribution in [2.75, 3.05) is 0 Å². The molecule has 2 aromatic rings. The van der Waals surface area contributed by atoms with Crippen LogP contribution in [0.25, 0.3) is 0 Å². The van der Waals surface area contributed by atoms with Gasteiger partial charge in [-0.1, -0.05) is 6.07 Å². The summed E-state index contributed by atoms with van der Waals surface area (Å²) in [5, 5.41) is 0. The van der Waals surface area contributed by atoms with Crippen LogP contribution >= 0.6 is 0 Å². The van der Waals surface area contributed by atoms with E-state index in [1.165, 1.54) is 5.56 Å². The lowest BCUT2D eigenvalue weighted by Gasteiger charge is -2.10. The van der Waals surface area contributed by atoms with Crippen LogP contribution in [-0.2, 0) is 25.9 Å². The number of hydrogen-bond donors (Lipinski definition) is 1. The number of aromatic nitrogens is 1. The Kier molecular flexibility index (Phi) is 2.80. The summed E-state index contributed by atoms with van der Waals surface area (Å²) in [6.07, 6.45) is 3.18. The molecule has 0 aliphatic heterocycles. The minimum absolute atomic E-state index is 0.0429. The normalized spacial score (nSPS) is 13.8. The highest BCUT2D eigenvalue weighted by atomic mass is 16.3. The van der Waals surface area contributed by atoms with Gasteiger partial charge in [0.1, 0.15) is 11.5 Å². The smallest absolute Gasteiger partial charge is 0.251 e. The molecule has 0 aromatic carbocycles. The summed E-state index contributed by atoms with van der Waals surface area (Å²) in [5.74, 6) is 1.54. The Morgan fingerprint density at radius 1 is 1.17 bits per heavy atom. The standard InChI is InChI=1S/C14H16N2O2/c15-8-11-5-6-12(18-11)9-16-13-3-1-2-10(13)4-7-14(16)17/h4-7H,1-3,8-9,15H2. The second-order valence-electron chi connectivity index (χ2n) is 4.66. The number of pyridine rings is 1. The SMILES string of the molecule is NCc1ccc(Cn2c3c(ccc2=O)CCC3)o1. The predicted molar refractivity (Wildman–Crippen MR) is 68.4 cm³/mol. The van der Waals surface area contributed by atoms with E-state index in [-0.39, 0.29) is 5.56 Å². The maximum Gasteiger partial charge on any atom is 0.251 e. The molecule has 0 bridgehead atoms. The largest absolute Gasteiger partial charge is 0.463 e. The highest BCUT2D eigenvalue weighted by Gasteiger charge is 2.16. The number of hydrogen-bond acceptors (Lipinski definition) is 3. The van der Waals surface area contributed by atoms with E-state index in [2.05, 4.69) is 0 Å². The van der Waals surface area contributed by atoms with Crippen LogP contribution in [0.5, 0.6) is 0 Å². The molecule has 2 aromatic heterocycles. The van der Waals surface area contributed by atoms with Crippen molar-refractivity contribution in [3.05, 3.63) is 57.4 Å². The third kappa shape index (κ3) is 1.88. The van der Waals surface area contributed by atoms with E-state index in [0.29, 0.717) is 13.1 Å². The van der Waals surface area contributed by atoms with Crippen molar-refractivity contribution in [3.63, 3.8) is 0 Å². The highest BCUT2D eigenvalue weighted by molar-refractivity contribution is 5.26. The number of nitrogens with two attached hydrogens (primary N) is 1. The van der Waals surface area contributed by atoms with E-state index >= 15 is 0 Å². The van der Waals surface area contributed by atoms with Gasteiger partial charge in [-0.2, -0.15) is 0 Å². The molecule has 4 heteroatoms. The average Bonchev–Trinajstić information content (AvgIpc) is 3.01. The van der Waals surface area contributed by atoms with Gasteiger partial charge >= 0.3 is 0 Å². The Morgan fingerprint density at radius 2 is 2.00 bits per heavy atom. The Hall–Kier alpha value is -1.81. The average molecular weight is 244 g/mol.